The van der Waals surface area contributed by atoms with Crippen LogP contribution in [0.1, 0.15) is 44.5 Å². The van der Waals surface area contributed by atoms with Crippen LogP contribution in [-0.2, 0) is 10.8 Å². The van der Waals surface area contributed by atoms with E-state index in [-0.39, 0.29) is 0 Å². The molecule has 0 bridgehead atoms. The van der Waals surface area contributed by atoms with Crippen LogP contribution in [-0.4, -0.2) is 9.97 Å². The SMILES string of the molecule is Ic1ccc(Oc2ccc3c4ccc(Oc5ccc(I)cc5)cc4c4nc5c(-c6cccc7c6-c6ccccc6C76c7ccccc7-c7ccccc76)sc(-c6cccc7c6-c6ccccc6C76c7ccccc7-c7ccccc76)c5nc4c3c2)cc1. The van der Waals surface area contributed by atoms with Crippen LogP contribution in [0.5, 0.6) is 23.0 Å². The third-order valence-corrected chi connectivity index (χ3v) is 21.6. The monoisotopic (exact) mass is 1350 g/mol. The van der Waals surface area contributed by atoms with E-state index in [4.69, 9.17) is 19.4 Å². The summed E-state index contributed by atoms with van der Waals surface area (Å²) < 4.78 is 15.7. The Morgan fingerprint density at radius 1 is 0.264 bits per heavy atom. The van der Waals surface area contributed by atoms with Crippen molar-refractivity contribution in [2.45, 2.75) is 10.8 Å². The normalized spacial score (nSPS) is 13.8. The standard InChI is InChI=1S/C80H44I2N2O2S/c81-45-31-35-47(36-32-45)85-49-39-41-51-52-42-40-50(86-48-37-33-46(82)34-38-48)44-62(52)74-73(61(51)43-49)83-75-76(84-74)78(60-22-14-30-70-72(60)58-20-6-12-28-68(58)80(70)65-25-9-3-17-55(65)56-18-4-10-26-66(56)80)87-77(75)59-21-13-29-69-71(59)57-19-5-11-27-67(57)79(69)63-23-7-1-15-53(63)54-16-2-8-24-64(54)79/h1-44H. The molecule has 406 valence electrons. The van der Waals surface area contributed by atoms with Gasteiger partial charge in [-0.2, -0.15) is 0 Å². The van der Waals surface area contributed by atoms with Gasteiger partial charge in [0.2, 0.25) is 0 Å². The number of halogens is 2. The summed E-state index contributed by atoms with van der Waals surface area (Å²) in [5.74, 6) is 2.97. The van der Waals surface area contributed by atoms with Crippen LogP contribution in [0.25, 0.3) is 109 Å². The van der Waals surface area contributed by atoms with Gasteiger partial charge in [0.25, 0.3) is 0 Å². The van der Waals surface area contributed by atoms with E-state index in [1.54, 1.807) is 0 Å². The highest BCUT2D eigenvalue weighted by Gasteiger charge is 2.54. The highest BCUT2D eigenvalue weighted by Crippen LogP contribution is 2.67. The lowest BCUT2D eigenvalue weighted by atomic mass is 9.70. The molecule has 2 spiro atoms. The van der Waals surface area contributed by atoms with E-state index < -0.39 is 10.8 Å². The van der Waals surface area contributed by atoms with Gasteiger partial charge in [-0.15, -0.1) is 11.3 Å². The molecule has 13 aromatic carbocycles. The molecule has 0 amide bonds. The molecule has 2 aromatic heterocycles. The molecule has 7 heteroatoms. The molecule has 0 saturated heterocycles. The van der Waals surface area contributed by atoms with Gasteiger partial charge in [-0.25, -0.2) is 9.97 Å². The molecule has 0 unspecified atom stereocenters. The van der Waals surface area contributed by atoms with Crippen molar-refractivity contribution >= 4 is 100 Å². The zero-order valence-corrected chi connectivity index (χ0v) is 51.4. The van der Waals surface area contributed by atoms with Crippen LogP contribution < -0.4 is 9.47 Å². The van der Waals surface area contributed by atoms with Crippen molar-refractivity contribution in [1.82, 2.24) is 9.97 Å². The molecule has 4 aliphatic carbocycles. The number of aromatic nitrogens is 2. The Hall–Kier alpha value is -9.26. The van der Waals surface area contributed by atoms with Gasteiger partial charge >= 0.3 is 0 Å². The summed E-state index contributed by atoms with van der Waals surface area (Å²) in [6.45, 7) is 0. The van der Waals surface area contributed by atoms with Crippen LogP contribution in [0, 0.1) is 7.14 Å². The number of fused-ring (bicyclic) bond motifs is 27. The molecule has 4 nitrogen and oxygen atoms in total. The average Bonchev–Trinajstić information content (AvgIpc) is 1.53. The number of nitrogens with zero attached hydrogens (tertiary/aromatic N) is 2. The zero-order valence-electron chi connectivity index (χ0n) is 46.3. The molecule has 19 rings (SSSR count). The van der Waals surface area contributed by atoms with Gasteiger partial charge in [0.1, 0.15) is 34.0 Å². The van der Waals surface area contributed by atoms with Crippen molar-refractivity contribution in [3.63, 3.8) is 0 Å². The molecule has 2 heterocycles. The van der Waals surface area contributed by atoms with Crippen LogP contribution in [0.4, 0.5) is 0 Å². The Morgan fingerprint density at radius 2 is 0.563 bits per heavy atom. The van der Waals surface area contributed by atoms with Gasteiger partial charge in [-0.05, 0) is 230 Å². The maximum atomic E-state index is 6.70. The van der Waals surface area contributed by atoms with E-state index in [0.717, 1.165) is 94.6 Å². The van der Waals surface area contributed by atoms with Crippen LogP contribution in [0.15, 0.2) is 267 Å². The second-order valence-electron chi connectivity index (χ2n) is 23.1. The fraction of sp³-hybridized carbons (Fsp3) is 0.0250. The van der Waals surface area contributed by atoms with E-state index in [0.29, 0.717) is 0 Å². The second kappa shape index (κ2) is 18.6. The Balaban J connectivity index is 0.938. The molecule has 0 aliphatic heterocycles. The minimum Gasteiger partial charge on any atom is -0.457 e. The first-order chi connectivity index (χ1) is 42.9. The maximum absolute atomic E-state index is 6.70. The largest absolute Gasteiger partial charge is 0.457 e. The Morgan fingerprint density at radius 3 is 0.931 bits per heavy atom. The second-order valence-corrected chi connectivity index (χ2v) is 26.6. The van der Waals surface area contributed by atoms with Gasteiger partial charge < -0.3 is 9.47 Å². The Bertz CT molecular complexity index is 5080. The molecule has 0 fully saturated rings. The molecule has 0 N–H and O–H groups in total. The third kappa shape index (κ3) is 6.82. The molecule has 4 aliphatic rings. The van der Waals surface area contributed by atoms with Crippen molar-refractivity contribution in [2.75, 3.05) is 0 Å². The summed E-state index contributed by atoms with van der Waals surface area (Å²) in [5, 5.41) is 4.01. The molecule has 15 aromatic rings. The van der Waals surface area contributed by atoms with Gasteiger partial charge in [-0.3, -0.25) is 0 Å². The first kappa shape index (κ1) is 49.9. The van der Waals surface area contributed by atoms with Crippen LogP contribution in [0.2, 0.25) is 0 Å². The third-order valence-electron chi connectivity index (χ3n) is 18.9. The van der Waals surface area contributed by atoms with Gasteiger partial charge in [0.15, 0.2) is 0 Å². The minimum absolute atomic E-state index is 0.532. The topological polar surface area (TPSA) is 44.2 Å². The maximum Gasteiger partial charge on any atom is 0.128 e. The predicted molar refractivity (Wildman–Crippen MR) is 372 cm³/mol. The number of hydrogen-bond donors (Lipinski definition) is 0. The Kier molecular flexibility index (Phi) is 10.7. The number of hydrogen-bond acceptors (Lipinski definition) is 5. The van der Waals surface area contributed by atoms with E-state index >= 15 is 0 Å². The smallest absolute Gasteiger partial charge is 0.128 e. The van der Waals surface area contributed by atoms with Gasteiger partial charge in [0.05, 0.1) is 31.6 Å². The summed E-state index contributed by atoms with van der Waals surface area (Å²) in [5.41, 5.74) is 24.9. The number of thiophene rings is 1. The van der Waals surface area contributed by atoms with Crippen molar-refractivity contribution in [3.8, 4) is 88.4 Å². The highest BCUT2D eigenvalue weighted by atomic mass is 127. The van der Waals surface area contributed by atoms with E-state index in [1.165, 1.54) is 89.0 Å². The first-order valence-corrected chi connectivity index (χ1v) is 32.3. The number of benzene rings is 13. The lowest BCUT2D eigenvalue weighted by Crippen LogP contribution is -2.25. The lowest BCUT2D eigenvalue weighted by Gasteiger charge is -2.30. The number of rotatable bonds is 6. The summed E-state index contributed by atoms with van der Waals surface area (Å²) in [4.78, 5) is 14.4. The zero-order chi connectivity index (χ0) is 57.3. The van der Waals surface area contributed by atoms with Crippen LogP contribution in [0.3, 0.4) is 0 Å². The molecule has 87 heavy (non-hydrogen) atoms. The summed E-state index contributed by atoms with van der Waals surface area (Å²) in [7, 11) is 0. The van der Waals surface area contributed by atoms with Gasteiger partial charge in [0, 0.05) is 29.0 Å². The van der Waals surface area contributed by atoms with E-state index in [2.05, 4.69) is 288 Å². The van der Waals surface area contributed by atoms with E-state index in [1.807, 2.05) is 35.6 Å². The van der Waals surface area contributed by atoms with Gasteiger partial charge in [-0.1, -0.05) is 182 Å². The predicted octanol–water partition coefficient (Wildman–Crippen LogP) is 22.0. The fourth-order valence-electron chi connectivity index (χ4n) is 15.7. The van der Waals surface area contributed by atoms with Crippen molar-refractivity contribution in [1.29, 1.82) is 0 Å². The van der Waals surface area contributed by atoms with Crippen molar-refractivity contribution < 1.29 is 9.47 Å². The molecule has 0 radical (unpaired) electrons. The summed E-state index contributed by atoms with van der Waals surface area (Å²) >= 11 is 6.50. The van der Waals surface area contributed by atoms with Crippen LogP contribution >= 0.6 is 56.5 Å². The quantitative estimate of drug-likeness (QED) is 0.123. The molecule has 0 atom stereocenters. The summed E-state index contributed by atoms with van der Waals surface area (Å²) in [6.07, 6.45) is 0. The lowest BCUT2D eigenvalue weighted by molar-refractivity contribution is 0.483. The number of ether oxygens (including phenoxy) is 2. The van der Waals surface area contributed by atoms with E-state index in [9.17, 15) is 0 Å². The van der Waals surface area contributed by atoms with Crippen molar-refractivity contribution in [2.24, 2.45) is 0 Å². The summed E-state index contributed by atoms with van der Waals surface area (Å²) in [6, 6.07) is 97.7. The van der Waals surface area contributed by atoms with Crippen molar-refractivity contribution in [3.05, 3.63) is 319 Å². The first-order valence-electron chi connectivity index (χ1n) is 29.3. The Labute approximate surface area is 532 Å². The minimum atomic E-state index is -0.532. The molecular formula is C80H44I2N2O2S. The molecule has 0 saturated carbocycles. The molecular weight excluding hydrogens is 1310 g/mol. The average molecular weight is 1350 g/mol. The highest BCUT2D eigenvalue weighted by molar-refractivity contribution is 14.1. The fourth-order valence-corrected chi connectivity index (χ4v) is 17.6.